The molecule has 0 saturated carbocycles. The fourth-order valence-electron chi connectivity index (χ4n) is 2.84. The molecule has 0 unspecified atom stereocenters. The summed E-state index contributed by atoms with van der Waals surface area (Å²) in [6, 6.07) is -0.0833. The van der Waals surface area contributed by atoms with Gasteiger partial charge < -0.3 is 33.7 Å². The summed E-state index contributed by atoms with van der Waals surface area (Å²) in [4.78, 5) is 12.0. The van der Waals surface area contributed by atoms with Crippen LogP contribution in [0.25, 0.3) is 0 Å². The van der Waals surface area contributed by atoms with E-state index >= 15 is 0 Å². The molecule has 8 nitrogen and oxygen atoms in total. The zero-order valence-corrected chi connectivity index (χ0v) is 17.8. The fraction of sp³-hybridized carbons (Fsp3) is 0.950. The van der Waals surface area contributed by atoms with Crippen LogP contribution < -0.4 is 5.32 Å². The van der Waals surface area contributed by atoms with E-state index in [2.05, 4.69) is 5.32 Å². The van der Waals surface area contributed by atoms with E-state index in [4.69, 9.17) is 28.4 Å². The lowest BCUT2D eigenvalue weighted by Crippen LogP contribution is -2.51. The highest BCUT2D eigenvalue weighted by molar-refractivity contribution is 5.76. The average Bonchev–Trinajstić information content (AvgIpc) is 2.68. The number of methoxy groups -OCH3 is 2. The van der Waals surface area contributed by atoms with Crippen molar-refractivity contribution < 1.29 is 33.2 Å². The molecule has 0 aromatic carbocycles. The Labute approximate surface area is 169 Å². The Kier molecular flexibility index (Phi) is 14.5. The number of carbonyl (C=O) groups excluding carboxylic acids is 1. The van der Waals surface area contributed by atoms with Gasteiger partial charge in [0, 0.05) is 40.3 Å². The zero-order valence-electron chi connectivity index (χ0n) is 17.8. The van der Waals surface area contributed by atoms with Crippen LogP contribution in [0.1, 0.15) is 45.4 Å². The van der Waals surface area contributed by atoms with E-state index in [1.165, 1.54) is 0 Å². The molecule has 166 valence electrons. The van der Waals surface area contributed by atoms with Gasteiger partial charge in [-0.3, -0.25) is 4.79 Å². The molecule has 1 rings (SSSR count). The summed E-state index contributed by atoms with van der Waals surface area (Å²) < 4.78 is 32.5. The van der Waals surface area contributed by atoms with E-state index in [1.54, 1.807) is 14.2 Å². The van der Waals surface area contributed by atoms with Gasteiger partial charge in [-0.2, -0.15) is 0 Å². The molecule has 1 N–H and O–H groups in total. The minimum absolute atomic E-state index is 0.0549. The van der Waals surface area contributed by atoms with Gasteiger partial charge in [0.2, 0.25) is 5.91 Å². The molecular formula is C20H39NO7. The lowest BCUT2D eigenvalue weighted by Gasteiger charge is -2.38. The first-order chi connectivity index (χ1) is 13.6. The third kappa shape index (κ3) is 12.6. The van der Waals surface area contributed by atoms with Crippen molar-refractivity contribution in [3.63, 3.8) is 0 Å². The minimum Gasteiger partial charge on any atom is -0.385 e. The maximum Gasteiger partial charge on any atom is 0.220 e. The molecule has 1 aliphatic heterocycles. The molecule has 1 aliphatic rings. The molecule has 0 aliphatic carbocycles. The summed E-state index contributed by atoms with van der Waals surface area (Å²) >= 11 is 0. The Morgan fingerprint density at radius 3 is 2.21 bits per heavy atom. The van der Waals surface area contributed by atoms with E-state index in [0.717, 1.165) is 38.7 Å². The van der Waals surface area contributed by atoms with Crippen molar-refractivity contribution in [3.8, 4) is 0 Å². The number of carbonyl (C=O) groups is 1. The van der Waals surface area contributed by atoms with Crippen molar-refractivity contribution in [2.24, 2.45) is 0 Å². The second-order valence-electron chi connectivity index (χ2n) is 7.14. The fourth-order valence-corrected chi connectivity index (χ4v) is 2.84. The SMILES string of the molecule is COCCCCCC(=O)NC1COC(C)(CCCOCCOCCOC)OC1. The molecular weight excluding hydrogens is 366 g/mol. The number of unbranched alkanes of at least 4 members (excludes halogenated alkanes) is 2. The topological polar surface area (TPSA) is 84.5 Å². The molecule has 28 heavy (non-hydrogen) atoms. The van der Waals surface area contributed by atoms with Crippen molar-refractivity contribution in [2.45, 2.75) is 57.3 Å². The third-order valence-corrected chi connectivity index (χ3v) is 4.52. The van der Waals surface area contributed by atoms with Crippen LogP contribution in [0.3, 0.4) is 0 Å². The molecule has 0 aromatic rings. The van der Waals surface area contributed by atoms with Crippen LogP contribution in [0.2, 0.25) is 0 Å². The van der Waals surface area contributed by atoms with E-state index in [0.29, 0.717) is 52.7 Å². The number of amides is 1. The van der Waals surface area contributed by atoms with Gasteiger partial charge in [0.25, 0.3) is 0 Å². The van der Waals surface area contributed by atoms with Crippen molar-refractivity contribution >= 4 is 5.91 Å². The number of hydrogen-bond donors (Lipinski definition) is 1. The Morgan fingerprint density at radius 2 is 1.54 bits per heavy atom. The van der Waals surface area contributed by atoms with Gasteiger partial charge in [0.15, 0.2) is 5.79 Å². The predicted octanol–water partition coefficient (Wildman–Crippen LogP) is 1.90. The largest absolute Gasteiger partial charge is 0.385 e. The first kappa shape index (κ1) is 25.3. The molecule has 1 saturated heterocycles. The molecule has 1 amide bonds. The summed E-state index contributed by atoms with van der Waals surface area (Å²) in [5, 5.41) is 2.98. The van der Waals surface area contributed by atoms with Crippen molar-refractivity contribution in [1.82, 2.24) is 5.32 Å². The van der Waals surface area contributed by atoms with Crippen LogP contribution in [-0.4, -0.2) is 84.8 Å². The van der Waals surface area contributed by atoms with Gasteiger partial charge in [-0.15, -0.1) is 0 Å². The van der Waals surface area contributed by atoms with Crippen LogP contribution in [0, 0.1) is 0 Å². The quantitative estimate of drug-likeness (QED) is 0.370. The maximum atomic E-state index is 12.0. The van der Waals surface area contributed by atoms with E-state index in [-0.39, 0.29) is 11.9 Å². The summed E-state index contributed by atoms with van der Waals surface area (Å²) in [5.41, 5.74) is 0. The van der Waals surface area contributed by atoms with Gasteiger partial charge >= 0.3 is 0 Å². The van der Waals surface area contributed by atoms with Crippen LogP contribution in [-0.2, 0) is 33.2 Å². The number of hydrogen-bond acceptors (Lipinski definition) is 7. The highest BCUT2D eigenvalue weighted by Gasteiger charge is 2.33. The van der Waals surface area contributed by atoms with Crippen LogP contribution in [0.4, 0.5) is 0 Å². The molecule has 0 bridgehead atoms. The summed E-state index contributed by atoms with van der Waals surface area (Å²) in [5.74, 6) is -0.556. The van der Waals surface area contributed by atoms with Gasteiger partial charge in [0.05, 0.1) is 45.7 Å². The van der Waals surface area contributed by atoms with Crippen LogP contribution >= 0.6 is 0 Å². The van der Waals surface area contributed by atoms with Crippen LogP contribution in [0.5, 0.6) is 0 Å². The van der Waals surface area contributed by atoms with Crippen LogP contribution in [0.15, 0.2) is 0 Å². The predicted molar refractivity (Wildman–Crippen MR) is 105 cm³/mol. The van der Waals surface area contributed by atoms with Crippen molar-refractivity contribution in [3.05, 3.63) is 0 Å². The highest BCUT2D eigenvalue weighted by atomic mass is 16.7. The molecule has 1 fully saturated rings. The summed E-state index contributed by atoms with van der Waals surface area (Å²) in [6.45, 7) is 6.60. The lowest BCUT2D eigenvalue weighted by molar-refractivity contribution is -0.267. The average molecular weight is 406 g/mol. The Balaban J connectivity index is 2.02. The molecule has 0 atom stereocenters. The molecule has 8 heteroatoms. The van der Waals surface area contributed by atoms with Gasteiger partial charge in [-0.1, -0.05) is 6.42 Å². The monoisotopic (exact) mass is 405 g/mol. The number of nitrogens with one attached hydrogen (secondary N) is 1. The van der Waals surface area contributed by atoms with Crippen molar-refractivity contribution in [1.29, 1.82) is 0 Å². The normalized spacial score (nSPS) is 22.3. The number of rotatable bonds is 17. The smallest absolute Gasteiger partial charge is 0.220 e. The second kappa shape index (κ2) is 16.1. The third-order valence-electron chi connectivity index (χ3n) is 4.52. The van der Waals surface area contributed by atoms with Crippen molar-refractivity contribution in [2.75, 3.05) is 67.1 Å². The Morgan fingerprint density at radius 1 is 0.893 bits per heavy atom. The lowest BCUT2D eigenvalue weighted by atomic mass is 10.1. The van der Waals surface area contributed by atoms with Gasteiger partial charge in [0.1, 0.15) is 0 Å². The molecule has 0 radical (unpaired) electrons. The first-order valence-electron chi connectivity index (χ1n) is 10.3. The Hall–Kier alpha value is -0.770. The number of ether oxygens (including phenoxy) is 6. The minimum atomic E-state index is -0.611. The van der Waals surface area contributed by atoms with E-state index < -0.39 is 5.79 Å². The molecule has 0 spiro atoms. The molecule has 1 heterocycles. The maximum absolute atomic E-state index is 12.0. The standard InChI is InChI=1S/C20H39NO7/c1-20(9-7-11-25-14-15-26-13-12-24-3)27-16-18(17-28-20)21-19(22)8-5-4-6-10-23-2/h18H,4-17H2,1-3H3,(H,21,22). The second-order valence-corrected chi connectivity index (χ2v) is 7.14. The molecule has 0 aromatic heterocycles. The van der Waals surface area contributed by atoms with E-state index in [9.17, 15) is 4.79 Å². The summed E-state index contributed by atoms with van der Waals surface area (Å²) in [6.07, 6.45) is 4.98. The van der Waals surface area contributed by atoms with E-state index in [1.807, 2.05) is 6.92 Å². The summed E-state index contributed by atoms with van der Waals surface area (Å²) in [7, 11) is 3.34. The zero-order chi connectivity index (χ0) is 20.5. The van der Waals surface area contributed by atoms with Gasteiger partial charge in [-0.05, 0) is 26.2 Å². The van der Waals surface area contributed by atoms with Gasteiger partial charge in [-0.25, -0.2) is 0 Å². The first-order valence-corrected chi connectivity index (χ1v) is 10.3. The Bertz CT molecular complexity index is 387. The highest BCUT2D eigenvalue weighted by Crippen LogP contribution is 2.24.